The fraction of sp³-hybridized carbons (Fsp3) is 0.409. The van der Waals surface area contributed by atoms with Crippen molar-refractivity contribution < 1.29 is 9.53 Å². The van der Waals surface area contributed by atoms with Crippen molar-refractivity contribution in [1.29, 1.82) is 0 Å². The molecule has 2 aromatic rings. The highest BCUT2D eigenvalue weighted by Crippen LogP contribution is 2.25. The minimum Gasteiger partial charge on any atom is -0.492 e. The molecular weight excluding hydrogens is 338 g/mol. The van der Waals surface area contributed by atoms with Crippen molar-refractivity contribution in [2.24, 2.45) is 0 Å². The van der Waals surface area contributed by atoms with Crippen LogP contribution >= 0.6 is 0 Å². The first-order valence-corrected chi connectivity index (χ1v) is 9.84. The van der Waals surface area contributed by atoms with Gasteiger partial charge in [-0.2, -0.15) is 0 Å². The number of amides is 2. The van der Waals surface area contributed by atoms with Crippen molar-refractivity contribution >= 4 is 17.4 Å². The van der Waals surface area contributed by atoms with Crippen LogP contribution in [0.2, 0.25) is 0 Å². The fourth-order valence-electron chi connectivity index (χ4n) is 3.49. The standard InChI is InChI=1S/C22H29N3O2/c1-3-25(4-2)20-11-9-19(10-12-20)24-22(26)23-14-15-27-21-13-8-17-6-5-7-18(17)16-21/h8-13,16H,3-7,14-15H2,1-2H3,(H2,23,24,26). The second-order valence-corrected chi connectivity index (χ2v) is 6.73. The normalized spacial score (nSPS) is 12.4. The van der Waals surface area contributed by atoms with Gasteiger partial charge in [-0.15, -0.1) is 0 Å². The van der Waals surface area contributed by atoms with Gasteiger partial charge in [0.2, 0.25) is 0 Å². The number of ether oxygens (including phenoxy) is 1. The number of nitrogens with one attached hydrogen (secondary N) is 2. The number of anilines is 2. The Morgan fingerprint density at radius 2 is 1.78 bits per heavy atom. The lowest BCUT2D eigenvalue weighted by molar-refractivity contribution is 0.247. The van der Waals surface area contributed by atoms with Crippen LogP contribution in [0.4, 0.5) is 16.2 Å². The average Bonchev–Trinajstić information content (AvgIpc) is 3.15. The molecule has 2 N–H and O–H groups in total. The highest BCUT2D eigenvalue weighted by atomic mass is 16.5. The van der Waals surface area contributed by atoms with Gasteiger partial charge in [0.05, 0.1) is 6.54 Å². The van der Waals surface area contributed by atoms with Crippen LogP contribution in [0, 0.1) is 0 Å². The number of carbonyl (C=O) groups excluding carboxylic acids is 1. The molecule has 2 aromatic carbocycles. The molecule has 0 aromatic heterocycles. The van der Waals surface area contributed by atoms with Crippen molar-refractivity contribution in [3.8, 4) is 5.75 Å². The van der Waals surface area contributed by atoms with Crippen molar-refractivity contribution in [2.75, 3.05) is 36.5 Å². The van der Waals surface area contributed by atoms with E-state index in [9.17, 15) is 4.79 Å². The summed E-state index contributed by atoms with van der Waals surface area (Å²) in [5, 5.41) is 5.68. The number of carbonyl (C=O) groups is 1. The molecule has 0 radical (unpaired) electrons. The number of hydrogen-bond acceptors (Lipinski definition) is 3. The number of aryl methyl sites for hydroxylation is 2. The van der Waals surface area contributed by atoms with E-state index in [4.69, 9.17) is 4.74 Å². The molecule has 27 heavy (non-hydrogen) atoms. The Morgan fingerprint density at radius 3 is 2.52 bits per heavy atom. The maximum absolute atomic E-state index is 12.0. The predicted molar refractivity (Wildman–Crippen MR) is 111 cm³/mol. The van der Waals surface area contributed by atoms with Gasteiger partial charge in [-0.1, -0.05) is 6.07 Å². The number of hydrogen-bond donors (Lipinski definition) is 2. The maximum Gasteiger partial charge on any atom is 0.319 e. The van der Waals surface area contributed by atoms with Gasteiger partial charge in [0.1, 0.15) is 12.4 Å². The maximum atomic E-state index is 12.0. The third-order valence-electron chi connectivity index (χ3n) is 4.98. The second-order valence-electron chi connectivity index (χ2n) is 6.73. The molecule has 0 aliphatic heterocycles. The molecule has 0 fully saturated rings. The molecule has 5 heteroatoms. The zero-order chi connectivity index (χ0) is 19.1. The van der Waals surface area contributed by atoms with E-state index in [0.717, 1.165) is 36.6 Å². The summed E-state index contributed by atoms with van der Waals surface area (Å²) in [5.74, 6) is 0.879. The van der Waals surface area contributed by atoms with Gasteiger partial charge in [0.25, 0.3) is 0 Å². The minimum atomic E-state index is -0.219. The summed E-state index contributed by atoms with van der Waals surface area (Å²) in [5.41, 5.74) is 4.77. The summed E-state index contributed by atoms with van der Waals surface area (Å²) in [6.45, 7) is 7.11. The summed E-state index contributed by atoms with van der Waals surface area (Å²) in [7, 11) is 0. The summed E-state index contributed by atoms with van der Waals surface area (Å²) in [6.07, 6.45) is 3.55. The van der Waals surface area contributed by atoms with Gasteiger partial charge in [0, 0.05) is 24.5 Å². The van der Waals surface area contributed by atoms with Gasteiger partial charge >= 0.3 is 6.03 Å². The molecule has 0 saturated carbocycles. The van der Waals surface area contributed by atoms with E-state index in [-0.39, 0.29) is 6.03 Å². The minimum absolute atomic E-state index is 0.219. The van der Waals surface area contributed by atoms with Crippen molar-refractivity contribution in [2.45, 2.75) is 33.1 Å². The van der Waals surface area contributed by atoms with Crippen LogP contribution in [0.1, 0.15) is 31.4 Å². The van der Waals surface area contributed by atoms with Crippen LogP contribution in [0.5, 0.6) is 5.75 Å². The van der Waals surface area contributed by atoms with Crippen LogP contribution < -0.4 is 20.3 Å². The Labute approximate surface area is 161 Å². The Kier molecular flexibility index (Phi) is 6.58. The van der Waals surface area contributed by atoms with Gasteiger partial charge in [-0.25, -0.2) is 4.79 Å². The highest BCUT2D eigenvalue weighted by Gasteiger charge is 2.11. The van der Waals surface area contributed by atoms with Crippen LogP contribution in [0.25, 0.3) is 0 Å². The summed E-state index contributed by atoms with van der Waals surface area (Å²) in [6, 6.07) is 14.0. The van der Waals surface area contributed by atoms with E-state index in [0.29, 0.717) is 13.2 Å². The number of nitrogens with zero attached hydrogens (tertiary/aromatic N) is 1. The Balaban J connectivity index is 1.39. The topological polar surface area (TPSA) is 53.6 Å². The Bertz CT molecular complexity index is 755. The quantitative estimate of drug-likeness (QED) is 0.687. The Morgan fingerprint density at radius 1 is 1.04 bits per heavy atom. The first kappa shape index (κ1) is 19.1. The predicted octanol–water partition coefficient (Wildman–Crippen LogP) is 4.22. The average molecular weight is 367 g/mol. The molecule has 0 heterocycles. The van der Waals surface area contributed by atoms with E-state index in [1.165, 1.54) is 24.0 Å². The third-order valence-corrected chi connectivity index (χ3v) is 4.98. The highest BCUT2D eigenvalue weighted by molar-refractivity contribution is 5.89. The fourth-order valence-corrected chi connectivity index (χ4v) is 3.49. The lowest BCUT2D eigenvalue weighted by atomic mass is 10.1. The van der Waals surface area contributed by atoms with Crippen LogP contribution in [-0.2, 0) is 12.8 Å². The monoisotopic (exact) mass is 367 g/mol. The smallest absolute Gasteiger partial charge is 0.319 e. The molecule has 0 spiro atoms. The zero-order valence-corrected chi connectivity index (χ0v) is 16.3. The number of benzene rings is 2. The molecule has 0 unspecified atom stereocenters. The first-order valence-electron chi connectivity index (χ1n) is 9.84. The molecular formula is C22H29N3O2. The molecule has 5 nitrogen and oxygen atoms in total. The summed E-state index contributed by atoms with van der Waals surface area (Å²) in [4.78, 5) is 14.3. The molecule has 144 valence electrons. The van der Waals surface area contributed by atoms with Crippen molar-refractivity contribution in [3.63, 3.8) is 0 Å². The lowest BCUT2D eigenvalue weighted by Crippen LogP contribution is -2.32. The van der Waals surface area contributed by atoms with Gasteiger partial charge < -0.3 is 20.3 Å². The molecule has 2 amide bonds. The van der Waals surface area contributed by atoms with E-state index < -0.39 is 0 Å². The number of rotatable bonds is 8. The van der Waals surface area contributed by atoms with Crippen LogP contribution in [-0.4, -0.2) is 32.3 Å². The largest absolute Gasteiger partial charge is 0.492 e. The van der Waals surface area contributed by atoms with E-state index in [2.05, 4.69) is 41.5 Å². The molecule has 0 atom stereocenters. The van der Waals surface area contributed by atoms with E-state index in [1.807, 2.05) is 30.3 Å². The second kappa shape index (κ2) is 9.31. The Hall–Kier alpha value is -2.69. The molecule has 0 saturated heterocycles. The van der Waals surface area contributed by atoms with Crippen molar-refractivity contribution in [3.05, 3.63) is 53.6 Å². The zero-order valence-electron chi connectivity index (χ0n) is 16.3. The van der Waals surface area contributed by atoms with Gasteiger partial charge in [0.15, 0.2) is 0 Å². The first-order chi connectivity index (χ1) is 13.2. The molecule has 1 aliphatic rings. The number of urea groups is 1. The van der Waals surface area contributed by atoms with Crippen molar-refractivity contribution in [1.82, 2.24) is 5.32 Å². The van der Waals surface area contributed by atoms with Gasteiger partial charge in [-0.05, 0) is 80.6 Å². The molecule has 3 rings (SSSR count). The van der Waals surface area contributed by atoms with Crippen LogP contribution in [0.3, 0.4) is 0 Å². The number of fused-ring (bicyclic) bond motifs is 1. The third kappa shape index (κ3) is 5.16. The molecule has 0 bridgehead atoms. The van der Waals surface area contributed by atoms with E-state index in [1.54, 1.807) is 0 Å². The van der Waals surface area contributed by atoms with Gasteiger partial charge in [-0.3, -0.25) is 0 Å². The lowest BCUT2D eigenvalue weighted by Gasteiger charge is -2.21. The SMILES string of the molecule is CCN(CC)c1ccc(NC(=O)NCCOc2ccc3c(c2)CCC3)cc1. The van der Waals surface area contributed by atoms with Crippen LogP contribution in [0.15, 0.2) is 42.5 Å². The molecule has 1 aliphatic carbocycles. The summed E-state index contributed by atoms with van der Waals surface area (Å²) >= 11 is 0. The summed E-state index contributed by atoms with van der Waals surface area (Å²) < 4.78 is 5.75. The van der Waals surface area contributed by atoms with E-state index >= 15 is 0 Å².